The third kappa shape index (κ3) is 6.90. The number of hydrogen-bond acceptors (Lipinski definition) is 4. The Bertz CT molecular complexity index is 981. The van der Waals surface area contributed by atoms with Crippen LogP contribution < -0.4 is 11.1 Å². The summed E-state index contributed by atoms with van der Waals surface area (Å²) in [6.07, 6.45) is 1.99. The molecule has 2 aromatic rings. The van der Waals surface area contributed by atoms with Crippen LogP contribution in [0.1, 0.15) is 30.9 Å². The monoisotopic (exact) mass is 558 g/mol. The Morgan fingerprint density at radius 3 is 2.61 bits per heavy atom. The van der Waals surface area contributed by atoms with Crippen LogP contribution in [0.5, 0.6) is 0 Å². The first-order valence-corrected chi connectivity index (χ1v) is 11.6. The summed E-state index contributed by atoms with van der Waals surface area (Å²) < 4.78 is 32.5. The molecule has 1 fully saturated rings. The van der Waals surface area contributed by atoms with Gasteiger partial charge in [-0.3, -0.25) is 0 Å². The molecular formula is C22H31IN4O3S. The number of sulfonamides is 1. The Kier molecular flexibility index (Phi) is 9.73. The lowest BCUT2D eigenvalue weighted by atomic mass is 10.0. The van der Waals surface area contributed by atoms with Crippen molar-refractivity contribution in [3.63, 3.8) is 0 Å². The maximum atomic E-state index is 12.9. The van der Waals surface area contributed by atoms with Gasteiger partial charge in [0, 0.05) is 31.5 Å². The van der Waals surface area contributed by atoms with Gasteiger partial charge in [0.2, 0.25) is 10.0 Å². The molecule has 1 heterocycles. The molecule has 0 aromatic heterocycles. The van der Waals surface area contributed by atoms with Gasteiger partial charge in [0.25, 0.3) is 0 Å². The van der Waals surface area contributed by atoms with E-state index in [0.29, 0.717) is 37.1 Å². The second kappa shape index (κ2) is 11.8. The number of piperidine rings is 1. The van der Waals surface area contributed by atoms with E-state index in [0.717, 1.165) is 29.7 Å². The molecule has 1 unspecified atom stereocenters. The maximum Gasteiger partial charge on any atom is 0.243 e. The van der Waals surface area contributed by atoms with Crippen LogP contribution in [0.25, 0.3) is 0 Å². The van der Waals surface area contributed by atoms with Gasteiger partial charge in [-0.15, -0.1) is 24.0 Å². The number of guanidine groups is 1. The van der Waals surface area contributed by atoms with Gasteiger partial charge in [0.05, 0.1) is 18.0 Å². The number of para-hydroxylation sites is 1. The van der Waals surface area contributed by atoms with E-state index in [1.807, 2.05) is 24.3 Å². The average Bonchev–Trinajstić information content (AvgIpc) is 2.74. The van der Waals surface area contributed by atoms with Crippen molar-refractivity contribution in [2.24, 2.45) is 16.6 Å². The third-order valence-electron chi connectivity index (χ3n) is 5.19. The predicted octanol–water partition coefficient (Wildman–Crippen LogP) is 3.80. The molecule has 0 saturated carbocycles. The molecule has 1 aliphatic rings. The Hall–Kier alpha value is -1.69. The number of nitrogens with zero attached hydrogens (tertiary/aromatic N) is 2. The molecule has 170 valence electrons. The molecule has 3 N–H and O–H groups in total. The molecule has 3 rings (SSSR count). The maximum absolute atomic E-state index is 12.9. The highest BCUT2D eigenvalue weighted by Crippen LogP contribution is 2.23. The normalized spacial score (nSPS) is 17.7. The molecule has 1 saturated heterocycles. The number of nitrogens with one attached hydrogen (secondary N) is 1. The summed E-state index contributed by atoms with van der Waals surface area (Å²) in [4.78, 5) is 4.69. The second-order valence-corrected chi connectivity index (χ2v) is 9.61. The molecule has 0 aliphatic carbocycles. The fourth-order valence-electron chi connectivity index (χ4n) is 3.56. The fraction of sp³-hybridized carbons (Fsp3) is 0.409. The van der Waals surface area contributed by atoms with Gasteiger partial charge < -0.3 is 15.8 Å². The number of anilines is 1. The van der Waals surface area contributed by atoms with E-state index in [4.69, 9.17) is 10.5 Å². The minimum Gasteiger partial charge on any atom is -0.380 e. The van der Waals surface area contributed by atoms with E-state index < -0.39 is 10.0 Å². The largest absolute Gasteiger partial charge is 0.380 e. The number of rotatable bonds is 7. The molecule has 1 atom stereocenters. The molecule has 0 amide bonds. The minimum atomic E-state index is -3.45. The van der Waals surface area contributed by atoms with Crippen molar-refractivity contribution in [1.82, 2.24) is 4.31 Å². The molecule has 0 radical (unpaired) electrons. The SMILES string of the molecule is COCc1ccccc1NC(N)=NCc1ccc(S(=O)(=O)N2CCCC(C)C2)cc1.I. The average molecular weight is 558 g/mol. The Balaban J connectivity index is 0.00000341. The van der Waals surface area contributed by atoms with Gasteiger partial charge in [-0.1, -0.05) is 37.3 Å². The number of ether oxygens (including phenoxy) is 1. The highest BCUT2D eigenvalue weighted by atomic mass is 127. The van der Waals surface area contributed by atoms with Gasteiger partial charge in [0.15, 0.2) is 5.96 Å². The van der Waals surface area contributed by atoms with Gasteiger partial charge >= 0.3 is 0 Å². The lowest BCUT2D eigenvalue weighted by Crippen LogP contribution is -2.39. The first-order valence-electron chi connectivity index (χ1n) is 10.1. The van der Waals surface area contributed by atoms with E-state index >= 15 is 0 Å². The van der Waals surface area contributed by atoms with Crippen molar-refractivity contribution in [1.29, 1.82) is 0 Å². The predicted molar refractivity (Wildman–Crippen MR) is 135 cm³/mol. The number of aliphatic imine (C=N–C) groups is 1. The Morgan fingerprint density at radius 1 is 1.23 bits per heavy atom. The smallest absolute Gasteiger partial charge is 0.243 e. The molecule has 7 nitrogen and oxygen atoms in total. The highest BCUT2D eigenvalue weighted by Gasteiger charge is 2.28. The van der Waals surface area contributed by atoms with E-state index in [1.54, 1.807) is 35.7 Å². The van der Waals surface area contributed by atoms with Crippen LogP contribution in [-0.4, -0.2) is 38.9 Å². The van der Waals surface area contributed by atoms with E-state index in [2.05, 4.69) is 17.2 Å². The lowest BCUT2D eigenvalue weighted by Gasteiger charge is -2.30. The van der Waals surface area contributed by atoms with Crippen molar-refractivity contribution >= 4 is 45.6 Å². The van der Waals surface area contributed by atoms with Crippen molar-refractivity contribution in [3.05, 3.63) is 59.7 Å². The van der Waals surface area contributed by atoms with Gasteiger partial charge in [-0.05, 0) is 42.5 Å². The fourth-order valence-corrected chi connectivity index (χ4v) is 5.16. The zero-order valence-corrected chi connectivity index (χ0v) is 21.1. The molecule has 0 bridgehead atoms. The number of hydrogen-bond donors (Lipinski definition) is 2. The quantitative estimate of drug-likeness (QED) is 0.306. The number of nitrogens with two attached hydrogens (primary N) is 1. The first-order chi connectivity index (χ1) is 14.4. The van der Waals surface area contributed by atoms with E-state index in [1.165, 1.54) is 0 Å². The summed E-state index contributed by atoms with van der Waals surface area (Å²) in [6, 6.07) is 14.6. The van der Waals surface area contributed by atoms with Crippen LogP contribution in [0.3, 0.4) is 0 Å². The van der Waals surface area contributed by atoms with Crippen LogP contribution in [0.4, 0.5) is 5.69 Å². The first kappa shape index (κ1) is 25.6. The summed E-state index contributed by atoms with van der Waals surface area (Å²) in [5.74, 6) is 0.684. The minimum absolute atomic E-state index is 0. The van der Waals surface area contributed by atoms with Crippen molar-refractivity contribution < 1.29 is 13.2 Å². The standard InChI is InChI=1S/C22H30N4O3S.HI/c1-17-6-5-13-26(15-17)30(27,28)20-11-9-18(10-12-20)14-24-22(23)25-21-8-4-3-7-19(21)16-29-2;/h3-4,7-12,17H,5-6,13-16H2,1-2H3,(H3,23,24,25);1H. The summed E-state index contributed by atoms with van der Waals surface area (Å²) >= 11 is 0. The summed E-state index contributed by atoms with van der Waals surface area (Å²) in [6.45, 7) is 4.09. The van der Waals surface area contributed by atoms with Crippen molar-refractivity contribution in [3.8, 4) is 0 Å². The molecule has 1 aliphatic heterocycles. The van der Waals surface area contributed by atoms with E-state index in [9.17, 15) is 8.42 Å². The van der Waals surface area contributed by atoms with Gasteiger partial charge in [0.1, 0.15) is 0 Å². The molecule has 2 aromatic carbocycles. The number of halogens is 1. The lowest BCUT2D eigenvalue weighted by molar-refractivity contribution is 0.185. The third-order valence-corrected chi connectivity index (χ3v) is 7.07. The molecule has 9 heteroatoms. The number of benzene rings is 2. The summed E-state index contributed by atoms with van der Waals surface area (Å²) in [7, 11) is -1.80. The molecule has 0 spiro atoms. The van der Waals surface area contributed by atoms with E-state index in [-0.39, 0.29) is 29.9 Å². The summed E-state index contributed by atoms with van der Waals surface area (Å²) in [5.41, 5.74) is 8.74. The topological polar surface area (TPSA) is 97.0 Å². The highest BCUT2D eigenvalue weighted by molar-refractivity contribution is 14.0. The molecule has 31 heavy (non-hydrogen) atoms. The second-order valence-electron chi connectivity index (χ2n) is 7.67. The molecular weight excluding hydrogens is 527 g/mol. The van der Waals surface area contributed by atoms with Crippen LogP contribution in [0.2, 0.25) is 0 Å². The Labute approximate surface area is 202 Å². The van der Waals surface area contributed by atoms with Crippen LogP contribution in [0.15, 0.2) is 58.4 Å². The number of methoxy groups -OCH3 is 1. The van der Waals surface area contributed by atoms with Crippen molar-refractivity contribution in [2.45, 2.75) is 37.8 Å². The Morgan fingerprint density at radius 2 is 1.94 bits per heavy atom. The van der Waals surface area contributed by atoms with Crippen LogP contribution in [0, 0.1) is 5.92 Å². The zero-order valence-electron chi connectivity index (χ0n) is 18.0. The van der Waals surface area contributed by atoms with Crippen molar-refractivity contribution in [2.75, 3.05) is 25.5 Å². The van der Waals surface area contributed by atoms with Gasteiger partial charge in [-0.25, -0.2) is 13.4 Å². The van der Waals surface area contributed by atoms with Crippen LogP contribution in [-0.2, 0) is 27.9 Å². The summed E-state index contributed by atoms with van der Waals surface area (Å²) in [5, 5.41) is 3.09. The van der Waals surface area contributed by atoms with Gasteiger partial charge in [-0.2, -0.15) is 4.31 Å². The van der Waals surface area contributed by atoms with Crippen LogP contribution >= 0.6 is 24.0 Å². The zero-order chi connectivity index (χ0) is 21.6.